The molecule has 3 aromatic rings. The smallest absolute Gasteiger partial charge is 0.258 e. The van der Waals surface area contributed by atoms with Crippen LogP contribution >= 0.6 is 0 Å². The molecule has 0 saturated heterocycles. The van der Waals surface area contributed by atoms with Crippen LogP contribution in [0, 0.1) is 0 Å². The molecule has 0 aliphatic heterocycles. The highest BCUT2D eigenvalue weighted by molar-refractivity contribution is 7.89. The first kappa shape index (κ1) is 15.7. The summed E-state index contributed by atoms with van der Waals surface area (Å²) in [6.07, 6.45) is 3.89. The molecule has 2 heterocycles. The number of hydrogen-bond acceptors (Lipinski definition) is 6. The third kappa shape index (κ3) is 3.08. The van der Waals surface area contributed by atoms with E-state index in [1.807, 2.05) is 6.07 Å². The van der Waals surface area contributed by atoms with Crippen molar-refractivity contribution in [1.29, 1.82) is 0 Å². The van der Waals surface area contributed by atoms with Gasteiger partial charge in [-0.2, -0.15) is 9.50 Å². The molecule has 1 aliphatic rings. The topological polar surface area (TPSA) is 132 Å². The van der Waals surface area contributed by atoms with Crippen molar-refractivity contribution in [2.75, 3.05) is 5.32 Å². The average molecular weight is 358 g/mol. The third-order valence-corrected chi connectivity index (χ3v) is 4.87. The van der Waals surface area contributed by atoms with Gasteiger partial charge >= 0.3 is 0 Å². The molecule has 10 heteroatoms. The number of anilines is 1. The fourth-order valence-corrected chi connectivity index (χ4v) is 3.04. The predicted molar refractivity (Wildman–Crippen MR) is 88.5 cm³/mol. The number of sulfonamides is 1. The lowest BCUT2D eigenvalue weighted by molar-refractivity contribution is 0.102. The van der Waals surface area contributed by atoms with Crippen LogP contribution in [-0.2, 0) is 10.0 Å². The van der Waals surface area contributed by atoms with Crippen LogP contribution in [0.1, 0.15) is 34.8 Å². The lowest BCUT2D eigenvalue weighted by Gasteiger charge is -2.02. The highest BCUT2D eigenvalue weighted by Gasteiger charge is 2.27. The molecule has 1 saturated carbocycles. The zero-order valence-corrected chi connectivity index (χ0v) is 13.8. The summed E-state index contributed by atoms with van der Waals surface area (Å²) < 4.78 is 24.1. The second-order valence-electron chi connectivity index (χ2n) is 5.81. The van der Waals surface area contributed by atoms with Gasteiger partial charge in [0.15, 0.2) is 0 Å². The number of amides is 1. The fourth-order valence-electron chi connectivity index (χ4n) is 2.52. The van der Waals surface area contributed by atoms with Gasteiger partial charge in [0.2, 0.25) is 10.0 Å². The van der Waals surface area contributed by atoms with Gasteiger partial charge in [0.1, 0.15) is 0 Å². The monoisotopic (exact) mass is 358 g/mol. The van der Waals surface area contributed by atoms with E-state index in [1.54, 1.807) is 10.7 Å². The van der Waals surface area contributed by atoms with Gasteiger partial charge in [-0.3, -0.25) is 10.1 Å². The zero-order valence-electron chi connectivity index (χ0n) is 13.0. The molecule has 4 rings (SSSR count). The Morgan fingerprint density at radius 1 is 1.20 bits per heavy atom. The van der Waals surface area contributed by atoms with Crippen molar-refractivity contribution in [3.8, 4) is 0 Å². The zero-order chi connectivity index (χ0) is 17.6. The van der Waals surface area contributed by atoms with Crippen LogP contribution in [-0.4, -0.2) is 33.9 Å². The number of carbonyl (C=O) groups is 1. The summed E-state index contributed by atoms with van der Waals surface area (Å²) in [4.78, 5) is 20.6. The minimum atomic E-state index is -3.80. The maximum Gasteiger partial charge on any atom is 0.258 e. The van der Waals surface area contributed by atoms with Gasteiger partial charge in [0, 0.05) is 17.7 Å². The van der Waals surface area contributed by atoms with Gasteiger partial charge in [-0.25, -0.2) is 18.5 Å². The molecule has 3 N–H and O–H groups in total. The number of nitrogens with two attached hydrogens (primary N) is 1. The van der Waals surface area contributed by atoms with Crippen LogP contribution in [0.3, 0.4) is 0 Å². The van der Waals surface area contributed by atoms with E-state index in [9.17, 15) is 13.2 Å². The quantitative estimate of drug-likeness (QED) is 0.712. The van der Waals surface area contributed by atoms with Crippen molar-refractivity contribution in [1.82, 2.24) is 19.6 Å². The summed E-state index contributed by atoms with van der Waals surface area (Å²) in [5, 5.41) is 11.9. The van der Waals surface area contributed by atoms with E-state index < -0.39 is 15.9 Å². The third-order valence-electron chi connectivity index (χ3n) is 3.94. The summed E-state index contributed by atoms with van der Waals surface area (Å²) >= 11 is 0. The summed E-state index contributed by atoms with van der Waals surface area (Å²) in [6.45, 7) is 0. The van der Waals surface area contributed by atoms with Crippen LogP contribution in [0.5, 0.6) is 0 Å². The van der Waals surface area contributed by atoms with Crippen LogP contribution in [0.4, 0.5) is 5.95 Å². The first-order chi connectivity index (χ1) is 11.9. The molecular formula is C15H14N6O3S. The summed E-state index contributed by atoms with van der Waals surface area (Å²) in [6, 6.07) is 7.19. The minimum Gasteiger partial charge on any atom is -0.289 e. The van der Waals surface area contributed by atoms with Crippen LogP contribution in [0.15, 0.2) is 41.4 Å². The van der Waals surface area contributed by atoms with E-state index >= 15 is 0 Å². The van der Waals surface area contributed by atoms with Crippen molar-refractivity contribution in [2.45, 2.75) is 23.7 Å². The molecule has 1 fully saturated rings. The Kier molecular flexibility index (Phi) is 3.51. The molecule has 2 aromatic heterocycles. The molecule has 0 spiro atoms. The summed E-state index contributed by atoms with van der Waals surface area (Å²) in [5.41, 5.74) is 1.29. The number of hydrogen-bond donors (Lipinski definition) is 2. The number of nitrogens with one attached hydrogen (secondary N) is 1. The molecule has 9 nitrogen and oxygen atoms in total. The molecule has 1 aromatic carbocycles. The maximum atomic E-state index is 12.3. The molecule has 1 aliphatic carbocycles. The molecule has 0 unspecified atom stereocenters. The molecule has 0 radical (unpaired) electrons. The predicted octanol–water partition coefficient (Wildman–Crippen LogP) is 0.901. The normalized spacial score (nSPS) is 14.6. The minimum absolute atomic E-state index is 0.0619. The second kappa shape index (κ2) is 5.60. The highest BCUT2D eigenvalue weighted by Crippen LogP contribution is 2.39. The average Bonchev–Trinajstić information content (AvgIpc) is 3.33. The molecule has 0 atom stereocenters. The van der Waals surface area contributed by atoms with Crippen LogP contribution in [0.25, 0.3) is 5.78 Å². The van der Waals surface area contributed by atoms with Crippen LogP contribution in [0.2, 0.25) is 0 Å². The number of aromatic nitrogens is 4. The Balaban J connectivity index is 1.58. The SMILES string of the molecule is NS(=O)(=O)c1ccc(C(=O)Nc2nc3nccc(C4CC4)n3n2)cc1. The maximum absolute atomic E-state index is 12.3. The first-order valence-corrected chi connectivity index (χ1v) is 9.12. The standard InChI is InChI=1S/C15H14N6O3S/c16-25(23,24)11-5-3-10(4-6-11)13(22)18-14-19-15-17-8-7-12(9-1-2-9)21(15)20-14/h3-9H,1-2H2,(H2,16,23,24)(H,18,20,22). The lowest BCUT2D eigenvalue weighted by Crippen LogP contribution is -2.15. The fraction of sp³-hybridized carbons (Fsp3) is 0.200. The van der Waals surface area contributed by atoms with Crippen molar-refractivity contribution in [3.63, 3.8) is 0 Å². The Morgan fingerprint density at radius 3 is 2.56 bits per heavy atom. The van der Waals surface area contributed by atoms with E-state index in [0.717, 1.165) is 18.5 Å². The number of rotatable bonds is 4. The number of benzene rings is 1. The Morgan fingerprint density at radius 2 is 1.92 bits per heavy atom. The van der Waals surface area contributed by atoms with Crippen molar-refractivity contribution in [2.24, 2.45) is 5.14 Å². The van der Waals surface area contributed by atoms with Gasteiger partial charge < -0.3 is 0 Å². The Hall–Kier alpha value is -2.85. The summed E-state index contributed by atoms with van der Waals surface area (Å²) in [7, 11) is -3.80. The van der Waals surface area contributed by atoms with E-state index in [2.05, 4.69) is 20.4 Å². The highest BCUT2D eigenvalue weighted by atomic mass is 32.2. The molecule has 25 heavy (non-hydrogen) atoms. The van der Waals surface area contributed by atoms with E-state index in [1.165, 1.54) is 24.3 Å². The lowest BCUT2D eigenvalue weighted by atomic mass is 10.2. The van der Waals surface area contributed by atoms with Gasteiger partial charge in [0.05, 0.1) is 10.6 Å². The molecular weight excluding hydrogens is 344 g/mol. The molecule has 128 valence electrons. The number of primary sulfonamides is 1. The van der Waals surface area contributed by atoms with Crippen molar-refractivity contribution < 1.29 is 13.2 Å². The summed E-state index contributed by atoms with van der Waals surface area (Å²) in [5.74, 6) is 0.566. The van der Waals surface area contributed by atoms with Gasteiger partial charge in [-0.1, -0.05) is 0 Å². The van der Waals surface area contributed by atoms with E-state index in [4.69, 9.17) is 5.14 Å². The van der Waals surface area contributed by atoms with E-state index in [0.29, 0.717) is 11.7 Å². The van der Waals surface area contributed by atoms with Gasteiger partial charge in [0.25, 0.3) is 17.6 Å². The van der Waals surface area contributed by atoms with Crippen molar-refractivity contribution in [3.05, 3.63) is 47.8 Å². The molecule has 0 bridgehead atoms. The van der Waals surface area contributed by atoms with Crippen molar-refractivity contribution >= 4 is 27.7 Å². The Labute approximate surface area is 143 Å². The number of carbonyl (C=O) groups excluding carboxylic acids is 1. The van der Waals surface area contributed by atoms with Gasteiger partial charge in [-0.15, -0.1) is 5.10 Å². The molecule has 1 amide bonds. The number of fused-ring (bicyclic) bond motifs is 1. The van der Waals surface area contributed by atoms with E-state index in [-0.39, 0.29) is 16.4 Å². The largest absolute Gasteiger partial charge is 0.289 e. The first-order valence-electron chi connectivity index (χ1n) is 7.58. The van der Waals surface area contributed by atoms with Crippen LogP contribution < -0.4 is 10.5 Å². The van der Waals surface area contributed by atoms with Gasteiger partial charge in [-0.05, 0) is 43.2 Å². The second-order valence-corrected chi connectivity index (χ2v) is 7.38. The number of nitrogens with zero attached hydrogens (tertiary/aromatic N) is 4. The Bertz CT molecular complexity index is 1070.